The number of aliphatic imine (C=N–C) groups is 1. The van der Waals surface area contributed by atoms with Gasteiger partial charge in [-0.15, -0.1) is 24.0 Å². The molecule has 2 rings (SSSR count). The number of ether oxygens (including phenoxy) is 2. The number of nitrogens with one attached hydrogen (secondary N) is 1. The molecule has 7 nitrogen and oxygen atoms in total. The molecule has 0 radical (unpaired) electrons. The third kappa shape index (κ3) is 6.97. The van der Waals surface area contributed by atoms with Crippen LogP contribution in [0.3, 0.4) is 0 Å². The van der Waals surface area contributed by atoms with E-state index in [0.717, 1.165) is 12.2 Å². The molecule has 9 heteroatoms. The maximum absolute atomic E-state index is 10.7. The number of nitrogens with zero attached hydrogens (tertiary/aromatic N) is 3. The lowest BCUT2D eigenvalue weighted by Crippen LogP contribution is -2.39. The largest absolute Gasteiger partial charge is 0.497 e. The first-order valence-corrected chi connectivity index (χ1v) is 9.47. The zero-order chi connectivity index (χ0) is 20.7. The number of hydrogen-bond acceptors (Lipinski definition) is 4. The molecule has 0 aliphatic rings. The number of aliphatic hydroxyl groups is 1. The SMILES string of the molecule is CCNC(=NCC(O)c1cc(OC)ccc1OC)N(C)Cc1cc(Cl)cn1C.I. The lowest BCUT2D eigenvalue weighted by atomic mass is 10.1. The Morgan fingerprint density at radius 3 is 2.59 bits per heavy atom. The summed E-state index contributed by atoms with van der Waals surface area (Å²) < 4.78 is 12.6. The normalized spacial score (nSPS) is 12.2. The summed E-state index contributed by atoms with van der Waals surface area (Å²) in [5, 5.41) is 14.6. The molecule has 0 amide bonds. The summed E-state index contributed by atoms with van der Waals surface area (Å²) in [5.41, 5.74) is 1.70. The summed E-state index contributed by atoms with van der Waals surface area (Å²) in [5.74, 6) is 1.95. The van der Waals surface area contributed by atoms with E-state index in [4.69, 9.17) is 21.1 Å². The van der Waals surface area contributed by atoms with Crippen molar-refractivity contribution in [3.63, 3.8) is 0 Å². The van der Waals surface area contributed by atoms with E-state index < -0.39 is 6.10 Å². The van der Waals surface area contributed by atoms with Crippen molar-refractivity contribution in [2.45, 2.75) is 19.6 Å². The molecule has 162 valence electrons. The molecule has 1 atom stereocenters. The average molecular weight is 537 g/mol. The minimum absolute atomic E-state index is 0. The highest BCUT2D eigenvalue weighted by atomic mass is 127. The second-order valence-corrected chi connectivity index (χ2v) is 6.87. The lowest BCUT2D eigenvalue weighted by molar-refractivity contribution is 0.181. The van der Waals surface area contributed by atoms with E-state index in [0.29, 0.717) is 34.6 Å². The van der Waals surface area contributed by atoms with Crippen LogP contribution in [0.15, 0.2) is 35.5 Å². The van der Waals surface area contributed by atoms with E-state index in [-0.39, 0.29) is 30.5 Å². The van der Waals surface area contributed by atoms with Crippen LogP contribution in [-0.2, 0) is 13.6 Å². The zero-order valence-corrected chi connectivity index (χ0v) is 20.6. The van der Waals surface area contributed by atoms with Crippen LogP contribution in [0.4, 0.5) is 0 Å². The molecule has 1 aromatic heterocycles. The van der Waals surface area contributed by atoms with E-state index in [9.17, 15) is 5.11 Å². The maximum atomic E-state index is 10.7. The van der Waals surface area contributed by atoms with Crippen molar-refractivity contribution in [2.75, 3.05) is 34.4 Å². The number of methoxy groups -OCH3 is 2. The average Bonchev–Trinajstić information content (AvgIpc) is 3.00. The van der Waals surface area contributed by atoms with E-state index in [2.05, 4.69) is 10.3 Å². The number of guanidine groups is 1. The minimum Gasteiger partial charge on any atom is -0.497 e. The molecule has 0 bridgehead atoms. The molecule has 1 unspecified atom stereocenters. The molecule has 2 aromatic rings. The van der Waals surface area contributed by atoms with Gasteiger partial charge in [0.15, 0.2) is 5.96 Å². The molecule has 1 aromatic carbocycles. The number of aromatic nitrogens is 1. The molecule has 0 saturated carbocycles. The Kier molecular flexibility index (Phi) is 10.6. The van der Waals surface area contributed by atoms with Crippen molar-refractivity contribution < 1.29 is 14.6 Å². The van der Waals surface area contributed by atoms with Gasteiger partial charge in [0.2, 0.25) is 0 Å². The van der Waals surface area contributed by atoms with Gasteiger partial charge in [0.25, 0.3) is 0 Å². The van der Waals surface area contributed by atoms with Crippen molar-refractivity contribution in [3.05, 3.63) is 46.7 Å². The molecule has 0 saturated heterocycles. The summed E-state index contributed by atoms with van der Waals surface area (Å²) in [4.78, 5) is 6.59. The second-order valence-electron chi connectivity index (χ2n) is 6.43. The third-order valence-corrected chi connectivity index (χ3v) is 4.59. The van der Waals surface area contributed by atoms with Gasteiger partial charge in [-0.3, -0.25) is 4.99 Å². The summed E-state index contributed by atoms with van der Waals surface area (Å²) in [6, 6.07) is 7.26. The van der Waals surface area contributed by atoms with E-state index >= 15 is 0 Å². The number of benzene rings is 1. The van der Waals surface area contributed by atoms with E-state index in [1.54, 1.807) is 32.4 Å². The molecule has 29 heavy (non-hydrogen) atoms. The minimum atomic E-state index is -0.823. The van der Waals surface area contributed by atoms with Crippen molar-refractivity contribution >= 4 is 41.5 Å². The summed E-state index contributed by atoms with van der Waals surface area (Å²) >= 11 is 6.07. The summed E-state index contributed by atoms with van der Waals surface area (Å²) in [6.07, 6.45) is 1.05. The van der Waals surface area contributed by atoms with Gasteiger partial charge in [-0.2, -0.15) is 0 Å². The highest BCUT2D eigenvalue weighted by molar-refractivity contribution is 14.0. The number of hydrogen-bond donors (Lipinski definition) is 2. The Hall–Kier alpha value is -1.65. The fraction of sp³-hybridized carbons (Fsp3) is 0.450. The Bertz CT molecular complexity index is 813. The number of aryl methyl sites for hydroxylation is 1. The fourth-order valence-corrected chi connectivity index (χ4v) is 3.15. The monoisotopic (exact) mass is 536 g/mol. The smallest absolute Gasteiger partial charge is 0.194 e. The van der Waals surface area contributed by atoms with Crippen LogP contribution in [0.1, 0.15) is 24.3 Å². The van der Waals surface area contributed by atoms with Gasteiger partial charge in [-0.25, -0.2) is 0 Å². The fourth-order valence-electron chi connectivity index (χ4n) is 2.88. The molecule has 0 aliphatic carbocycles. The first-order valence-electron chi connectivity index (χ1n) is 9.09. The van der Waals surface area contributed by atoms with Gasteiger partial charge in [-0.05, 0) is 31.2 Å². The molecular formula is C20H30ClIN4O3. The highest BCUT2D eigenvalue weighted by Crippen LogP contribution is 2.29. The standard InChI is InChI=1S/C20H29ClN4O3.HI/c1-6-22-20(25(3)13-15-9-14(21)12-24(15)2)23-11-18(26)17-10-16(27-4)7-8-19(17)28-5;/h7-10,12,18,26H,6,11,13H2,1-5H3,(H,22,23);1H. The van der Waals surface area contributed by atoms with Crippen LogP contribution in [0.5, 0.6) is 11.5 Å². The third-order valence-electron chi connectivity index (χ3n) is 4.38. The zero-order valence-electron chi connectivity index (χ0n) is 17.5. The Balaban J connectivity index is 0.00000420. The van der Waals surface area contributed by atoms with Crippen molar-refractivity contribution in [2.24, 2.45) is 12.0 Å². The van der Waals surface area contributed by atoms with Crippen LogP contribution in [0, 0.1) is 0 Å². The predicted molar refractivity (Wildman–Crippen MR) is 128 cm³/mol. The quantitative estimate of drug-likeness (QED) is 0.307. The van der Waals surface area contributed by atoms with Crippen LogP contribution in [-0.4, -0.2) is 54.9 Å². The first-order chi connectivity index (χ1) is 13.4. The molecule has 0 aliphatic heterocycles. The first kappa shape index (κ1) is 25.4. The highest BCUT2D eigenvalue weighted by Gasteiger charge is 2.16. The van der Waals surface area contributed by atoms with Gasteiger partial charge in [0.05, 0.1) is 32.3 Å². The van der Waals surface area contributed by atoms with Crippen LogP contribution < -0.4 is 14.8 Å². The number of halogens is 2. The lowest BCUT2D eigenvalue weighted by Gasteiger charge is -2.23. The topological polar surface area (TPSA) is 71.2 Å². The van der Waals surface area contributed by atoms with Crippen LogP contribution in [0.2, 0.25) is 5.02 Å². The van der Waals surface area contributed by atoms with Gasteiger partial charge < -0.3 is 29.4 Å². The number of aliphatic hydroxyl groups excluding tert-OH is 1. The van der Waals surface area contributed by atoms with E-state index in [1.165, 1.54) is 0 Å². The van der Waals surface area contributed by atoms with Crippen LogP contribution >= 0.6 is 35.6 Å². The second kappa shape index (κ2) is 12.1. The van der Waals surface area contributed by atoms with Gasteiger partial charge >= 0.3 is 0 Å². The summed E-state index contributed by atoms with van der Waals surface area (Å²) in [7, 11) is 7.06. The van der Waals surface area contributed by atoms with Crippen LogP contribution in [0.25, 0.3) is 0 Å². The number of rotatable bonds is 8. The van der Waals surface area contributed by atoms with Crippen molar-refractivity contribution in [1.82, 2.24) is 14.8 Å². The molecule has 1 heterocycles. The Labute approximate surface area is 194 Å². The Morgan fingerprint density at radius 2 is 2.03 bits per heavy atom. The van der Waals surface area contributed by atoms with Crippen molar-refractivity contribution in [3.8, 4) is 11.5 Å². The van der Waals surface area contributed by atoms with Gasteiger partial charge in [0.1, 0.15) is 17.6 Å². The Morgan fingerprint density at radius 1 is 1.31 bits per heavy atom. The van der Waals surface area contributed by atoms with Gasteiger partial charge in [0, 0.05) is 38.1 Å². The van der Waals surface area contributed by atoms with Crippen molar-refractivity contribution in [1.29, 1.82) is 0 Å². The predicted octanol–water partition coefficient (Wildman–Crippen LogP) is 3.44. The summed E-state index contributed by atoms with van der Waals surface area (Å²) in [6.45, 7) is 3.54. The molecule has 2 N–H and O–H groups in total. The molecular weight excluding hydrogens is 507 g/mol. The van der Waals surface area contributed by atoms with E-state index in [1.807, 2.05) is 42.7 Å². The maximum Gasteiger partial charge on any atom is 0.194 e. The molecule has 0 fully saturated rings. The van der Waals surface area contributed by atoms with Gasteiger partial charge in [-0.1, -0.05) is 11.6 Å². The molecule has 0 spiro atoms.